The van der Waals surface area contributed by atoms with Gasteiger partial charge in [-0.3, -0.25) is 14.5 Å². The third-order valence-electron chi connectivity index (χ3n) is 4.02. The third-order valence-corrected chi connectivity index (χ3v) is 4.02. The van der Waals surface area contributed by atoms with Crippen molar-refractivity contribution >= 4 is 12.0 Å². The Morgan fingerprint density at radius 2 is 2.04 bits per heavy atom. The van der Waals surface area contributed by atoms with E-state index in [1.165, 1.54) is 6.08 Å². The Balaban J connectivity index is 2.02. The van der Waals surface area contributed by atoms with Gasteiger partial charge in [0.05, 0.1) is 12.2 Å². The summed E-state index contributed by atoms with van der Waals surface area (Å²) in [6.45, 7) is 4.28. The van der Waals surface area contributed by atoms with Crippen LogP contribution in [0.25, 0.3) is 17.2 Å². The number of pyridine rings is 1. The molecule has 0 aliphatic heterocycles. The van der Waals surface area contributed by atoms with Crippen molar-refractivity contribution in [2.24, 2.45) is 0 Å². The Kier molecular flexibility index (Phi) is 5.97. The van der Waals surface area contributed by atoms with E-state index in [1.54, 1.807) is 17.1 Å². The topological polar surface area (TPSA) is 83.6 Å². The lowest BCUT2D eigenvalue weighted by molar-refractivity contribution is -0.117. The van der Waals surface area contributed by atoms with Crippen LogP contribution in [0.3, 0.4) is 0 Å². The lowest BCUT2D eigenvalue weighted by Gasteiger charge is -2.06. The molecule has 0 unspecified atom stereocenters. The highest BCUT2D eigenvalue weighted by atomic mass is 16.1. The number of carbonyl (C=O) groups excluding carboxylic acids is 1. The predicted octanol–water partition coefficient (Wildman–Crippen LogP) is 3.42. The van der Waals surface area contributed by atoms with Crippen LogP contribution >= 0.6 is 0 Å². The highest BCUT2D eigenvalue weighted by Gasteiger charge is 2.15. The molecule has 6 nitrogen and oxygen atoms in total. The average molecular weight is 371 g/mol. The molecule has 0 aliphatic rings. The van der Waals surface area contributed by atoms with Crippen LogP contribution in [0.4, 0.5) is 0 Å². The summed E-state index contributed by atoms with van der Waals surface area (Å²) in [5.74, 6) is -0.410. The van der Waals surface area contributed by atoms with Crippen LogP contribution in [0.15, 0.2) is 66.6 Å². The molecule has 140 valence electrons. The van der Waals surface area contributed by atoms with Crippen molar-refractivity contribution in [3.63, 3.8) is 0 Å². The van der Waals surface area contributed by atoms with Crippen LogP contribution < -0.4 is 5.32 Å². The fourth-order valence-corrected chi connectivity index (χ4v) is 2.76. The summed E-state index contributed by atoms with van der Waals surface area (Å²) in [6, 6.07) is 15.7. The Hall–Kier alpha value is -3.72. The number of hydrogen-bond donors (Lipinski definition) is 1. The van der Waals surface area contributed by atoms with Crippen LogP contribution in [0, 0.1) is 11.3 Å². The first-order valence-electron chi connectivity index (χ1n) is 9.01. The number of aromatic nitrogens is 3. The van der Waals surface area contributed by atoms with Gasteiger partial charge in [-0.2, -0.15) is 10.4 Å². The van der Waals surface area contributed by atoms with Gasteiger partial charge in [0.25, 0.3) is 5.91 Å². The van der Waals surface area contributed by atoms with Crippen LogP contribution in [0.1, 0.15) is 25.1 Å². The van der Waals surface area contributed by atoms with Crippen molar-refractivity contribution in [2.75, 3.05) is 0 Å². The second kappa shape index (κ2) is 8.78. The summed E-state index contributed by atoms with van der Waals surface area (Å²) in [7, 11) is 0. The zero-order valence-electron chi connectivity index (χ0n) is 15.8. The number of carbonyl (C=O) groups is 1. The molecular formula is C22H21N5O. The quantitative estimate of drug-likeness (QED) is 0.531. The normalized spacial score (nSPS) is 11.3. The first-order valence-corrected chi connectivity index (χ1v) is 9.01. The van der Waals surface area contributed by atoms with Crippen LogP contribution in [-0.4, -0.2) is 26.7 Å². The van der Waals surface area contributed by atoms with Crippen molar-refractivity contribution < 1.29 is 4.79 Å². The number of nitrogens with zero attached hydrogens (tertiary/aromatic N) is 4. The lowest BCUT2D eigenvalue weighted by Crippen LogP contribution is -2.30. The smallest absolute Gasteiger partial charge is 0.262 e. The molecule has 1 amide bonds. The fraction of sp³-hybridized carbons (Fsp3) is 0.182. The van der Waals surface area contributed by atoms with Gasteiger partial charge in [0.15, 0.2) is 0 Å². The van der Waals surface area contributed by atoms with Crippen LogP contribution in [-0.2, 0) is 11.3 Å². The van der Waals surface area contributed by atoms with Crippen molar-refractivity contribution in [3.05, 3.63) is 77.9 Å². The van der Waals surface area contributed by atoms with E-state index in [9.17, 15) is 10.1 Å². The van der Waals surface area contributed by atoms with Gasteiger partial charge in [-0.05, 0) is 31.6 Å². The maximum Gasteiger partial charge on any atom is 0.262 e. The molecule has 6 heteroatoms. The van der Waals surface area contributed by atoms with Crippen molar-refractivity contribution in [1.82, 2.24) is 20.1 Å². The monoisotopic (exact) mass is 371 g/mol. The van der Waals surface area contributed by atoms with Gasteiger partial charge in [0, 0.05) is 35.8 Å². The van der Waals surface area contributed by atoms with E-state index in [2.05, 4.69) is 15.4 Å². The highest BCUT2D eigenvalue weighted by Crippen LogP contribution is 2.24. The first-order chi connectivity index (χ1) is 13.6. The molecule has 0 saturated carbocycles. The molecule has 2 heterocycles. The molecule has 0 fully saturated rings. The molecule has 0 bridgehead atoms. The molecule has 0 radical (unpaired) electrons. The molecule has 3 rings (SSSR count). The van der Waals surface area contributed by atoms with Crippen LogP contribution in [0.2, 0.25) is 0 Å². The zero-order valence-corrected chi connectivity index (χ0v) is 15.8. The molecule has 2 aromatic heterocycles. The molecule has 0 aliphatic carbocycles. The van der Waals surface area contributed by atoms with Crippen molar-refractivity contribution in [1.29, 1.82) is 5.26 Å². The van der Waals surface area contributed by atoms with Gasteiger partial charge in [-0.1, -0.05) is 36.4 Å². The van der Waals surface area contributed by atoms with Crippen molar-refractivity contribution in [2.45, 2.75) is 26.4 Å². The standard InChI is InChI=1S/C22H21N5O/c1-16(2)25-22(28)19(12-23)11-21-20(18-9-6-10-24-13-18)15-27(26-21)14-17-7-4-3-5-8-17/h3-11,13,15-16H,14H2,1-2H3,(H,25,28)/b19-11+. The summed E-state index contributed by atoms with van der Waals surface area (Å²) >= 11 is 0. The summed E-state index contributed by atoms with van der Waals surface area (Å²) in [6.07, 6.45) is 6.87. The van der Waals surface area contributed by atoms with E-state index >= 15 is 0 Å². The molecule has 0 saturated heterocycles. The molecule has 0 spiro atoms. The summed E-state index contributed by atoms with van der Waals surface area (Å²) in [4.78, 5) is 16.5. The fourth-order valence-electron chi connectivity index (χ4n) is 2.76. The van der Waals surface area contributed by atoms with Crippen LogP contribution in [0.5, 0.6) is 0 Å². The van der Waals surface area contributed by atoms with E-state index in [4.69, 9.17) is 0 Å². The Labute approximate surface area is 164 Å². The van der Waals surface area contributed by atoms with Gasteiger partial charge in [0.1, 0.15) is 11.6 Å². The maximum absolute atomic E-state index is 12.3. The van der Waals surface area contributed by atoms with Crippen molar-refractivity contribution in [3.8, 4) is 17.2 Å². The Morgan fingerprint density at radius 3 is 2.68 bits per heavy atom. The van der Waals surface area contributed by atoms with E-state index in [1.807, 2.05) is 68.6 Å². The second-order valence-electron chi connectivity index (χ2n) is 6.65. The van der Waals surface area contributed by atoms with Gasteiger partial charge >= 0.3 is 0 Å². The number of nitrogens with one attached hydrogen (secondary N) is 1. The number of rotatable bonds is 6. The van der Waals surface area contributed by atoms with E-state index in [-0.39, 0.29) is 11.6 Å². The van der Waals surface area contributed by atoms with E-state index in [0.29, 0.717) is 12.2 Å². The first kappa shape index (κ1) is 19.1. The summed E-state index contributed by atoms with van der Waals surface area (Å²) in [5.41, 5.74) is 3.36. The minimum Gasteiger partial charge on any atom is -0.349 e. The number of nitriles is 1. The largest absolute Gasteiger partial charge is 0.349 e. The SMILES string of the molecule is CC(C)NC(=O)/C(C#N)=C/c1nn(Cc2ccccc2)cc1-c1cccnc1. The molecule has 0 atom stereocenters. The molecule has 28 heavy (non-hydrogen) atoms. The summed E-state index contributed by atoms with van der Waals surface area (Å²) in [5, 5.41) is 16.8. The van der Waals surface area contributed by atoms with E-state index in [0.717, 1.165) is 16.7 Å². The number of amides is 1. The zero-order chi connectivity index (χ0) is 19.9. The minimum absolute atomic E-state index is 0.0174. The second-order valence-corrected chi connectivity index (χ2v) is 6.65. The van der Waals surface area contributed by atoms with E-state index < -0.39 is 5.91 Å². The Bertz CT molecular complexity index is 1010. The van der Waals surface area contributed by atoms with Gasteiger partial charge in [-0.25, -0.2) is 0 Å². The average Bonchev–Trinajstić information content (AvgIpc) is 3.09. The van der Waals surface area contributed by atoms with Gasteiger partial charge in [0.2, 0.25) is 0 Å². The Morgan fingerprint density at radius 1 is 1.25 bits per heavy atom. The third kappa shape index (κ3) is 4.71. The molecule has 1 aromatic carbocycles. The number of hydrogen-bond acceptors (Lipinski definition) is 4. The molecule has 1 N–H and O–H groups in total. The van der Waals surface area contributed by atoms with Gasteiger partial charge < -0.3 is 5.32 Å². The summed E-state index contributed by atoms with van der Waals surface area (Å²) < 4.78 is 1.80. The maximum atomic E-state index is 12.3. The highest BCUT2D eigenvalue weighted by molar-refractivity contribution is 6.02. The van der Waals surface area contributed by atoms with Gasteiger partial charge in [-0.15, -0.1) is 0 Å². The molecule has 3 aromatic rings. The number of benzene rings is 1. The molecular weight excluding hydrogens is 350 g/mol. The lowest BCUT2D eigenvalue weighted by atomic mass is 10.1. The minimum atomic E-state index is -0.410. The predicted molar refractivity (Wildman–Crippen MR) is 108 cm³/mol.